The van der Waals surface area contributed by atoms with E-state index >= 15 is 0 Å². The average Bonchev–Trinajstić information content (AvgIpc) is 3.21. The predicted octanol–water partition coefficient (Wildman–Crippen LogP) is 3.58. The Hall–Kier alpha value is -3.81. The summed E-state index contributed by atoms with van der Waals surface area (Å²) in [5.41, 5.74) is 0.754. The lowest BCUT2D eigenvalue weighted by molar-refractivity contribution is 0.154. The van der Waals surface area contributed by atoms with E-state index in [4.69, 9.17) is 16.9 Å². The molecule has 3 aromatic heterocycles. The van der Waals surface area contributed by atoms with Crippen LogP contribution in [0.4, 0.5) is 21.8 Å². The van der Waals surface area contributed by atoms with Crippen molar-refractivity contribution in [1.29, 1.82) is 5.26 Å². The summed E-state index contributed by atoms with van der Waals surface area (Å²) in [4.78, 5) is 15.0. The van der Waals surface area contributed by atoms with Crippen molar-refractivity contribution in [3.8, 4) is 11.8 Å². The van der Waals surface area contributed by atoms with Gasteiger partial charge in [-0.2, -0.15) is 10.4 Å². The van der Waals surface area contributed by atoms with Crippen LogP contribution in [0.15, 0.2) is 43.0 Å². The molecule has 0 aliphatic carbocycles. The van der Waals surface area contributed by atoms with E-state index in [2.05, 4.69) is 25.4 Å². The lowest BCUT2D eigenvalue weighted by Crippen LogP contribution is -2.38. The Morgan fingerprint density at radius 2 is 2.00 bits per heavy atom. The third-order valence-corrected chi connectivity index (χ3v) is 5.73. The summed E-state index contributed by atoms with van der Waals surface area (Å²) in [7, 11) is 0. The third-order valence-electron chi connectivity index (χ3n) is 5.44. The van der Waals surface area contributed by atoms with Gasteiger partial charge in [0.05, 0.1) is 34.5 Å². The summed E-state index contributed by atoms with van der Waals surface area (Å²) in [5, 5.41) is 27.1. The van der Waals surface area contributed by atoms with Gasteiger partial charge in [0.1, 0.15) is 29.5 Å². The van der Waals surface area contributed by atoms with E-state index in [1.807, 2.05) is 11.0 Å². The van der Waals surface area contributed by atoms with Crippen LogP contribution in [0, 0.1) is 17.1 Å². The molecule has 1 fully saturated rings. The Labute approximate surface area is 193 Å². The van der Waals surface area contributed by atoms with E-state index in [0.29, 0.717) is 34.9 Å². The van der Waals surface area contributed by atoms with E-state index in [0.717, 1.165) is 25.5 Å². The molecule has 1 atom stereocenters. The normalized spacial score (nSPS) is 16.1. The number of benzene rings is 1. The minimum Gasteiger partial charge on any atom is -0.391 e. The molecule has 11 heteroatoms. The standard InChI is InChI=1S/C22H18ClFN8O/c23-16-4-13(8-25)5-17(24)22(16)32-18-6-19(26-9-14(18)10-29-32)30-20-7-21(28-12-27-20)31-3-1-2-15(33)11-31/h4-7,9-10,12,15,33H,1-3,11H2,(H,26,27,28,30). The van der Waals surface area contributed by atoms with Gasteiger partial charge >= 0.3 is 0 Å². The Bertz CT molecular complexity index is 1360. The monoisotopic (exact) mass is 464 g/mol. The number of fused-ring (bicyclic) bond motifs is 1. The first-order valence-corrected chi connectivity index (χ1v) is 10.6. The van der Waals surface area contributed by atoms with Crippen molar-refractivity contribution in [2.45, 2.75) is 18.9 Å². The molecule has 0 bridgehead atoms. The number of β-amino-alcohol motifs (C(OH)–C–C–N with tert-alkyl or cyclic N) is 1. The summed E-state index contributed by atoms with van der Waals surface area (Å²) in [6.07, 6.45) is 5.93. The van der Waals surface area contributed by atoms with E-state index in [-0.39, 0.29) is 22.4 Å². The SMILES string of the molecule is N#Cc1cc(F)c(-n2ncc3cnc(Nc4cc(N5CCCC(O)C5)ncn4)cc32)c(Cl)c1. The number of nitriles is 1. The van der Waals surface area contributed by atoms with Crippen molar-refractivity contribution in [3.05, 3.63) is 59.4 Å². The molecule has 33 heavy (non-hydrogen) atoms. The number of pyridine rings is 1. The van der Waals surface area contributed by atoms with Gasteiger partial charge in [-0.25, -0.2) is 24.0 Å². The topological polar surface area (TPSA) is 116 Å². The highest BCUT2D eigenvalue weighted by Gasteiger charge is 2.20. The Kier molecular flexibility index (Phi) is 5.50. The van der Waals surface area contributed by atoms with Gasteiger partial charge in [0.25, 0.3) is 0 Å². The van der Waals surface area contributed by atoms with Crippen LogP contribution in [-0.2, 0) is 0 Å². The molecule has 0 saturated carbocycles. The molecule has 0 amide bonds. The molecule has 9 nitrogen and oxygen atoms in total. The van der Waals surface area contributed by atoms with Gasteiger partial charge in [-0.15, -0.1) is 0 Å². The van der Waals surface area contributed by atoms with Crippen LogP contribution in [0.1, 0.15) is 18.4 Å². The fourth-order valence-electron chi connectivity index (χ4n) is 3.88. The first-order chi connectivity index (χ1) is 16.0. The molecule has 1 saturated heterocycles. The Balaban J connectivity index is 1.47. The molecular formula is C22H18ClFN8O. The minimum atomic E-state index is -0.653. The smallest absolute Gasteiger partial charge is 0.151 e. The quantitative estimate of drug-likeness (QED) is 0.471. The number of hydrogen-bond acceptors (Lipinski definition) is 8. The van der Waals surface area contributed by atoms with Gasteiger partial charge in [-0.1, -0.05) is 11.6 Å². The highest BCUT2D eigenvalue weighted by molar-refractivity contribution is 6.32. The van der Waals surface area contributed by atoms with Gasteiger partial charge in [0, 0.05) is 36.8 Å². The molecule has 2 N–H and O–H groups in total. The van der Waals surface area contributed by atoms with Gasteiger partial charge in [-0.3, -0.25) is 0 Å². The average molecular weight is 465 g/mol. The number of nitrogens with one attached hydrogen (secondary N) is 1. The van der Waals surface area contributed by atoms with Crippen molar-refractivity contribution in [2.24, 2.45) is 0 Å². The number of rotatable bonds is 4. The van der Waals surface area contributed by atoms with Crippen molar-refractivity contribution in [3.63, 3.8) is 0 Å². The van der Waals surface area contributed by atoms with Gasteiger partial charge in [-0.05, 0) is 25.0 Å². The number of aromatic nitrogens is 5. The summed E-state index contributed by atoms with van der Waals surface area (Å²) in [6.45, 7) is 1.34. The fourth-order valence-corrected chi connectivity index (χ4v) is 4.17. The fraction of sp³-hybridized carbons (Fsp3) is 0.227. The molecule has 166 valence electrons. The van der Waals surface area contributed by atoms with Crippen LogP contribution in [0.25, 0.3) is 16.6 Å². The maximum atomic E-state index is 14.7. The molecule has 5 rings (SSSR count). The lowest BCUT2D eigenvalue weighted by atomic mass is 10.1. The minimum absolute atomic E-state index is 0.0517. The maximum Gasteiger partial charge on any atom is 0.151 e. The second-order valence-electron chi connectivity index (χ2n) is 7.71. The van der Waals surface area contributed by atoms with Crippen molar-refractivity contribution in [2.75, 3.05) is 23.3 Å². The number of aliphatic hydroxyl groups is 1. The van der Waals surface area contributed by atoms with E-state index in [1.54, 1.807) is 24.5 Å². The first-order valence-electron chi connectivity index (χ1n) is 10.3. The largest absolute Gasteiger partial charge is 0.391 e. The highest BCUT2D eigenvalue weighted by atomic mass is 35.5. The van der Waals surface area contributed by atoms with Crippen molar-refractivity contribution in [1.82, 2.24) is 24.7 Å². The van der Waals surface area contributed by atoms with E-state index in [9.17, 15) is 9.50 Å². The van der Waals surface area contributed by atoms with Gasteiger partial charge < -0.3 is 15.3 Å². The second-order valence-corrected chi connectivity index (χ2v) is 8.12. The summed E-state index contributed by atoms with van der Waals surface area (Å²) in [6, 6.07) is 7.90. The molecule has 0 spiro atoms. The molecule has 1 aliphatic rings. The van der Waals surface area contributed by atoms with Crippen LogP contribution in [0.3, 0.4) is 0 Å². The van der Waals surface area contributed by atoms with Crippen LogP contribution in [-0.4, -0.2) is 49.0 Å². The summed E-state index contributed by atoms with van der Waals surface area (Å²) < 4.78 is 16.1. The Morgan fingerprint density at radius 3 is 2.79 bits per heavy atom. The van der Waals surface area contributed by atoms with Gasteiger partial charge in [0.2, 0.25) is 0 Å². The number of halogens is 2. The molecule has 4 heterocycles. The first kappa shape index (κ1) is 21.1. The van der Waals surface area contributed by atoms with Crippen LogP contribution < -0.4 is 10.2 Å². The number of aliphatic hydroxyl groups excluding tert-OH is 1. The van der Waals surface area contributed by atoms with E-state index < -0.39 is 5.82 Å². The predicted molar refractivity (Wildman–Crippen MR) is 121 cm³/mol. The van der Waals surface area contributed by atoms with E-state index in [1.165, 1.54) is 17.1 Å². The zero-order valence-electron chi connectivity index (χ0n) is 17.3. The van der Waals surface area contributed by atoms with Crippen LogP contribution in [0.5, 0.6) is 0 Å². The second kappa shape index (κ2) is 8.61. The number of nitrogens with zero attached hydrogens (tertiary/aromatic N) is 7. The molecule has 0 radical (unpaired) electrons. The number of hydrogen-bond donors (Lipinski definition) is 2. The number of piperidine rings is 1. The van der Waals surface area contributed by atoms with Crippen molar-refractivity contribution >= 4 is 40.0 Å². The molecule has 1 aliphatic heterocycles. The molecular weight excluding hydrogens is 447 g/mol. The third kappa shape index (κ3) is 4.16. The zero-order chi connectivity index (χ0) is 22.9. The lowest BCUT2D eigenvalue weighted by Gasteiger charge is -2.31. The van der Waals surface area contributed by atoms with Crippen LogP contribution >= 0.6 is 11.6 Å². The molecule has 1 aromatic carbocycles. The summed E-state index contributed by atoms with van der Waals surface area (Å²) >= 11 is 6.25. The zero-order valence-corrected chi connectivity index (χ0v) is 18.0. The summed E-state index contributed by atoms with van der Waals surface area (Å²) in [5.74, 6) is 1.06. The highest BCUT2D eigenvalue weighted by Crippen LogP contribution is 2.29. The van der Waals surface area contributed by atoms with Crippen LogP contribution in [0.2, 0.25) is 5.02 Å². The maximum absolute atomic E-state index is 14.7. The molecule has 1 unspecified atom stereocenters. The number of anilines is 3. The molecule has 4 aromatic rings. The Morgan fingerprint density at radius 1 is 1.15 bits per heavy atom. The van der Waals surface area contributed by atoms with Crippen molar-refractivity contribution < 1.29 is 9.50 Å². The van der Waals surface area contributed by atoms with Gasteiger partial charge in [0.15, 0.2) is 5.82 Å².